The topological polar surface area (TPSA) is 47.7 Å². The van der Waals surface area contributed by atoms with Gasteiger partial charge in [-0.15, -0.1) is 0 Å². The highest BCUT2D eigenvalue weighted by Crippen LogP contribution is 2.52. The Bertz CT molecular complexity index is 790. The lowest BCUT2D eigenvalue weighted by atomic mass is 9.93. The normalized spacial score (nSPS) is 27.6. The molecule has 3 aliphatic rings. The average molecular weight is 361 g/mol. The Kier molecular flexibility index (Phi) is 3.88. The van der Waals surface area contributed by atoms with E-state index in [1.165, 1.54) is 41.6 Å². The number of hydrogen-bond acceptors (Lipinski definition) is 3. The van der Waals surface area contributed by atoms with Crippen molar-refractivity contribution >= 4 is 0 Å². The van der Waals surface area contributed by atoms with Crippen LogP contribution >= 0.6 is 0 Å². The van der Waals surface area contributed by atoms with Gasteiger partial charge in [-0.2, -0.15) is 10.2 Å². The molecule has 0 saturated heterocycles. The van der Waals surface area contributed by atoms with Gasteiger partial charge < -0.3 is 5.32 Å². The van der Waals surface area contributed by atoms with Gasteiger partial charge in [-0.05, 0) is 37.7 Å². The monoisotopic (exact) mass is 361 g/mol. The zero-order valence-corrected chi connectivity index (χ0v) is 14.9. The minimum absolute atomic E-state index is 0.0911. The fraction of sp³-hybridized carbons (Fsp3) is 0.684. The van der Waals surface area contributed by atoms with Crippen LogP contribution in [-0.2, 0) is 13.0 Å². The summed E-state index contributed by atoms with van der Waals surface area (Å²) in [5.74, 6) is -2.58. The van der Waals surface area contributed by atoms with Gasteiger partial charge in [0.15, 0.2) is 0 Å². The number of fused-ring (bicyclic) bond motifs is 1. The summed E-state index contributed by atoms with van der Waals surface area (Å²) in [5.41, 5.74) is 3.51. The zero-order valence-electron chi connectivity index (χ0n) is 14.9. The quantitative estimate of drug-likeness (QED) is 0.877. The summed E-state index contributed by atoms with van der Waals surface area (Å²) in [5, 5.41) is 12.6. The van der Waals surface area contributed by atoms with Gasteiger partial charge in [-0.25, -0.2) is 8.78 Å². The third kappa shape index (κ3) is 2.96. The van der Waals surface area contributed by atoms with Gasteiger partial charge in [0.2, 0.25) is 0 Å². The molecule has 0 aromatic carbocycles. The van der Waals surface area contributed by atoms with E-state index in [1.54, 1.807) is 12.4 Å². The van der Waals surface area contributed by atoms with E-state index in [0.717, 1.165) is 24.8 Å². The maximum Gasteiger partial charge on any atom is 0.272 e. The fourth-order valence-corrected chi connectivity index (χ4v) is 4.48. The number of aryl methyl sites for hydroxylation is 1. The molecule has 1 N–H and O–H groups in total. The smallest absolute Gasteiger partial charge is 0.272 e. The predicted molar refractivity (Wildman–Crippen MR) is 93.1 cm³/mol. The summed E-state index contributed by atoms with van der Waals surface area (Å²) in [7, 11) is 0. The van der Waals surface area contributed by atoms with Crippen LogP contribution in [0.2, 0.25) is 0 Å². The first-order chi connectivity index (χ1) is 12.6. The van der Waals surface area contributed by atoms with Crippen molar-refractivity contribution in [2.24, 2.45) is 0 Å². The molecule has 0 amide bonds. The van der Waals surface area contributed by atoms with Gasteiger partial charge in [0.25, 0.3) is 5.92 Å². The molecule has 7 heteroatoms. The lowest BCUT2D eigenvalue weighted by Gasteiger charge is -2.22. The van der Waals surface area contributed by atoms with Crippen molar-refractivity contribution in [3.63, 3.8) is 0 Å². The minimum atomic E-state index is -2.58. The number of halogens is 2. The molecule has 2 aromatic heterocycles. The molecule has 3 aliphatic carbocycles. The minimum Gasteiger partial charge on any atom is -0.304 e. The van der Waals surface area contributed by atoms with Crippen molar-refractivity contribution < 1.29 is 8.78 Å². The predicted octanol–water partition coefficient (Wildman–Crippen LogP) is 3.94. The number of alkyl halides is 2. The molecule has 0 aliphatic heterocycles. The lowest BCUT2D eigenvalue weighted by molar-refractivity contribution is 0.0983. The van der Waals surface area contributed by atoms with E-state index < -0.39 is 12.0 Å². The zero-order chi connectivity index (χ0) is 17.7. The Labute approximate surface area is 151 Å². The van der Waals surface area contributed by atoms with Crippen LogP contribution in [0.1, 0.15) is 79.9 Å². The molecule has 140 valence electrons. The molecule has 2 saturated carbocycles. The molecule has 2 atom stereocenters. The number of nitrogens with zero attached hydrogens (tertiary/aromatic N) is 4. The molecule has 2 fully saturated rings. The summed E-state index contributed by atoms with van der Waals surface area (Å²) in [6.45, 7) is 0.638. The van der Waals surface area contributed by atoms with Crippen LogP contribution in [0.3, 0.4) is 0 Å². The summed E-state index contributed by atoms with van der Waals surface area (Å²) < 4.78 is 30.0. The first kappa shape index (κ1) is 16.4. The van der Waals surface area contributed by atoms with Gasteiger partial charge in [-0.1, -0.05) is 12.8 Å². The summed E-state index contributed by atoms with van der Waals surface area (Å²) in [6, 6.07) is 0.0615. The third-order valence-electron chi connectivity index (χ3n) is 6.13. The SMILES string of the molecule is FC1(F)CC1n1cc(CNC2CCCc3cn(C4CCCC4)nc32)cn1. The summed E-state index contributed by atoms with van der Waals surface area (Å²) in [6.07, 6.45) is 14.0. The van der Waals surface area contributed by atoms with E-state index in [-0.39, 0.29) is 12.5 Å². The van der Waals surface area contributed by atoms with Crippen LogP contribution in [0, 0.1) is 0 Å². The van der Waals surface area contributed by atoms with Gasteiger partial charge in [0.1, 0.15) is 6.04 Å². The molecule has 0 bridgehead atoms. The van der Waals surface area contributed by atoms with E-state index in [0.29, 0.717) is 12.6 Å². The van der Waals surface area contributed by atoms with Crippen molar-refractivity contribution in [2.45, 2.75) is 82.0 Å². The summed E-state index contributed by atoms with van der Waals surface area (Å²) in [4.78, 5) is 0. The van der Waals surface area contributed by atoms with Crippen LogP contribution in [0.5, 0.6) is 0 Å². The van der Waals surface area contributed by atoms with E-state index in [9.17, 15) is 8.78 Å². The van der Waals surface area contributed by atoms with Gasteiger partial charge >= 0.3 is 0 Å². The van der Waals surface area contributed by atoms with Crippen LogP contribution in [-0.4, -0.2) is 25.5 Å². The van der Waals surface area contributed by atoms with E-state index in [1.807, 2.05) is 0 Å². The third-order valence-corrected chi connectivity index (χ3v) is 6.13. The Morgan fingerprint density at radius 3 is 2.69 bits per heavy atom. The Morgan fingerprint density at radius 2 is 1.92 bits per heavy atom. The first-order valence-electron chi connectivity index (χ1n) is 9.82. The second-order valence-electron chi connectivity index (χ2n) is 8.09. The Balaban J connectivity index is 1.26. The molecule has 26 heavy (non-hydrogen) atoms. The maximum atomic E-state index is 13.2. The average Bonchev–Trinajstić information content (AvgIpc) is 3.17. The van der Waals surface area contributed by atoms with E-state index in [2.05, 4.69) is 21.3 Å². The molecule has 0 radical (unpaired) electrons. The second kappa shape index (κ2) is 6.15. The molecule has 5 rings (SSSR count). The molecule has 2 aromatic rings. The van der Waals surface area contributed by atoms with Crippen molar-refractivity contribution in [1.29, 1.82) is 0 Å². The van der Waals surface area contributed by atoms with Crippen LogP contribution in [0.4, 0.5) is 8.78 Å². The molecule has 0 spiro atoms. The molecule has 2 heterocycles. The van der Waals surface area contributed by atoms with Crippen LogP contribution in [0.25, 0.3) is 0 Å². The second-order valence-corrected chi connectivity index (χ2v) is 8.09. The number of rotatable bonds is 5. The Morgan fingerprint density at radius 1 is 1.12 bits per heavy atom. The Hall–Kier alpha value is -1.76. The number of hydrogen-bond donors (Lipinski definition) is 1. The largest absolute Gasteiger partial charge is 0.304 e. The first-order valence-corrected chi connectivity index (χ1v) is 9.82. The molecular formula is C19H25F2N5. The van der Waals surface area contributed by atoms with Gasteiger partial charge in [-0.3, -0.25) is 9.36 Å². The highest BCUT2D eigenvalue weighted by molar-refractivity contribution is 5.24. The van der Waals surface area contributed by atoms with Crippen molar-refractivity contribution in [2.75, 3.05) is 0 Å². The lowest BCUT2D eigenvalue weighted by Crippen LogP contribution is -2.25. The van der Waals surface area contributed by atoms with Crippen molar-refractivity contribution in [3.8, 4) is 0 Å². The molecular weight excluding hydrogens is 336 g/mol. The van der Waals surface area contributed by atoms with Gasteiger partial charge in [0, 0.05) is 30.9 Å². The molecule has 5 nitrogen and oxygen atoms in total. The van der Waals surface area contributed by atoms with Crippen molar-refractivity contribution in [3.05, 3.63) is 35.4 Å². The maximum absolute atomic E-state index is 13.2. The standard InChI is InChI=1S/C19H25F2N5/c20-19(21)8-17(19)26-11-13(10-23-26)9-22-16-7-3-4-14-12-25(24-18(14)16)15-5-1-2-6-15/h10-12,15-17,22H,1-9H2. The summed E-state index contributed by atoms with van der Waals surface area (Å²) >= 11 is 0. The molecule has 2 unspecified atom stereocenters. The van der Waals surface area contributed by atoms with Gasteiger partial charge in [0.05, 0.1) is 24.0 Å². The number of nitrogens with one attached hydrogen (secondary N) is 1. The van der Waals surface area contributed by atoms with E-state index >= 15 is 0 Å². The highest BCUT2D eigenvalue weighted by atomic mass is 19.3. The fourth-order valence-electron chi connectivity index (χ4n) is 4.48. The van der Waals surface area contributed by atoms with Crippen LogP contribution < -0.4 is 5.32 Å². The highest BCUT2D eigenvalue weighted by Gasteiger charge is 2.59. The van der Waals surface area contributed by atoms with Crippen LogP contribution in [0.15, 0.2) is 18.6 Å². The number of aromatic nitrogens is 4. The van der Waals surface area contributed by atoms with Crippen molar-refractivity contribution in [1.82, 2.24) is 24.9 Å². The van der Waals surface area contributed by atoms with E-state index in [4.69, 9.17) is 5.10 Å².